The van der Waals surface area contributed by atoms with Gasteiger partial charge in [0.25, 0.3) is 0 Å². The maximum Gasteiger partial charge on any atom is 0.304 e. The van der Waals surface area contributed by atoms with E-state index < -0.39 is 5.97 Å². The lowest BCUT2D eigenvalue weighted by Crippen LogP contribution is -2.49. The van der Waals surface area contributed by atoms with Crippen LogP contribution in [0.1, 0.15) is 60.3 Å². The van der Waals surface area contributed by atoms with Crippen molar-refractivity contribution in [2.45, 2.75) is 72.4 Å². The Morgan fingerprint density at radius 1 is 1.50 bits per heavy atom. The monoisotopic (exact) mass is 255 g/mol. The summed E-state index contributed by atoms with van der Waals surface area (Å²) in [5, 5.41) is 8.95. The lowest BCUT2D eigenvalue weighted by atomic mass is 9.70. The van der Waals surface area contributed by atoms with Gasteiger partial charge in [-0.25, -0.2) is 0 Å². The molecule has 0 radical (unpaired) electrons. The van der Waals surface area contributed by atoms with Crippen molar-refractivity contribution in [2.75, 3.05) is 6.54 Å². The predicted molar refractivity (Wildman–Crippen MR) is 74.7 cm³/mol. The molecular formula is C15H29NO2. The van der Waals surface area contributed by atoms with E-state index in [9.17, 15) is 4.79 Å². The molecule has 1 N–H and O–H groups in total. The van der Waals surface area contributed by atoms with Gasteiger partial charge < -0.3 is 5.11 Å². The molecule has 3 atom stereocenters. The van der Waals surface area contributed by atoms with E-state index in [-0.39, 0.29) is 12.5 Å². The highest BCUT2D eigenvalue weighted by Crippen LogP contribution is 2.40. The second-order valence-electron chi connectivity index (χ2n) is 6.73. The van der Waals surface area contributed by atoms with Crippen LogP contribution in [0.2, 0.25) is 0 Å². The Kier molecular flexibility index (Phi) is 5.20. The molecule has 0 saturated heterocycles. The molecule has 1 rings (SSSR count). The summed E-state index contributed by atoms with van der Waals surface area (Å²) < 4.78 is 0. The maximum absolute atomic E-state index is 10.9. The van der Waals surface area contributed by atoms with Crippen LogP contribution in [0.4, 0.5) is 0 Å². The van der Waals surface area contributed by atoms with Crippen molar-refractivity contribution in [3.8, 4) is 0 Å². The van der Waals surface area contributed by atoms with Crippen molar-refractivity contribution in [3.63, 3.8) is 0 Å². The summed E-state index contributed by atoms with van der Waals surface area (Å²) in [6.45, 7) is 12.1. The van der Waals surface area contributed by atoms with E-state index in [4.69, 9.17) is 5.11 Å². The van der Waals surface area contributed by atoms with Crippen molar-refractivity contribution in [2.24, 2.45) is 11.3 Å². The molecule has 18 heavy (non-hydrogen) atoms. The normalized spacial score (nSPS) is 29.2. The first-order valence-electron chi connectivity index (χ1n) is 7.24. The van der Waals surface area contributed by atoms with Crippen molar-refractivity contribution in [1.82, 2.24) is 4.90 Å². The van der Waals surface area contributed by atoms with Gasteiger partial charge in [-0.05, 0) is 44.1 Å². The zero-order chi connectivity index (χ0) is 13.9. The summed E-state index contributed by atoms with van der Waals surface area (Å²) in [5.74, 6) is -0.0327. The molecule has 0 aromatic rings. The van der Waals surface area contributed by atoms with Crippen LogP contribution in [0, 0.1) is 11.3 Å². The molecule has 106 valence electrons. The van der Waals surface area contributed by atoms with Crippen LogP contribution in [-0.4, -0.2) is 34.6 Å². The molecular weight excluding hydrogens is 226 g/mol. The quantitative estimate of drug-likeness (QED) is 0.818. The van der Waals surface area contributed by atoms with Gasteiger partial charge in [0.2, 0.25) is 0 Å². The summed E-state index contributed by atoms with van der Waals surface area (Å²) in [6.07, 6.45) is 3.94. The van der Waals surface area contributed by atoms with Gasteiger partial charge >= 0.3 is 5.97 Å². The highest BCUT2D eigenvalue weighted by atomic mass is 16.4. The van der Waals surface area contributed by atoms with Crippen LogP contribution >= 0.6 is 0 Å². The number of hydrogen-bond donors (Lipinski definition) is 1. The Morgan fingerprint density at radius 2 is 2.11 bits per heavy atom. The van der Waals surface area contributed by atoms with Crippen molar-refractivity contribution in [1.29, 1.82) is 0 Å². The first-order chi connectivity index (χ1) is 8.26. The van der Waals surface area contributed by atoms with E-state index in [2.05, 4.69) is 32.6 Å². The largest absolute Gasteiger partial charge is 0.481 e. The molecule has 3 heteroatoms. The highest BCUT2D eigenvalue weighted by Gasteiger charge is 2.36. The third-order valence-electron chi connectivity index (χ3n) is 4.48. The van der Waals surface area contributed by atoms with Crippen molar-refractivity contribution < 1.29 is 9.90 Å². The molecule has 3 unspecified atom stereocenters. The van der Waals surface area contributed by atoms with Crippen molar-refractivity contribution in [3.05, 3.63) is 0 Å². The molecule has 0 aromatic carbocycles. The van der Waals surface area contributed by atoms with Crippen molar-refractivity contribution >= 4 is 5.97 Å². The van der Waals surface area contributed by atoms with E-state index in [0.717, 1.165) is 6.54 Å². The summed E-state index contributed by atoms with van der Waals surface area (Å²) in [5.41, 5.74) is 0.450. The lowest BCUT2D eigenvalue weighted by Gasteiger charge is -2.46. The third kappa shape index (κ3) is 3.98. The number of rotatable bonds is 5. The Bertz CT molecular complexity index is 288. The minimum Gasteiger partial charge on any atom is -0.481 e. The number of aliphatic carboxylic acids is 1. The van der Waals surface area contributed by atoms with E-state index in [1.54, 1.807) is 0 Å². The fraction of sp³-hybridized carbons (Fsp3) is 0.933. The first-order valence-corrected chi connectivity index (χ1v) is 7.24. The molecule has 0 aromatic heterocycles. The standard InChI is InChI=1S/C15H29NO2/c1-6-16(12(3)9-14(17)18)13-7-8-15(4,5)10-11(13)2/h11-13H,6-10H2,1-5H3,(H,17,18). The number of carboxylic acid groups (broad SMARTS) is 1. The molecule has 0 amide bonds. The molecule has 3 nitrogen and oxygen atoms in total. The van der Waals surface area contributed by atoms with Gasteiger partial charge in [0, 0.05) is 12.1 Å². The number of hydrogen-bond acceptors (Lipinski definition) is 2. The van der Waals surface area contributed by atoms with Crippen LogP contribution in [0.5, 0.6) is 0 Å². The average Bonchev–Trinajstić information content (AvgIpc) is 2.20. The summed E-state index contributed by atoms with van der Waals surface area (Å²) >= 11 is 0. The Hall–Kier alpha value is -0.570. The van der Waals surface area contributed by atoms with Crippen LogP contribution < -0.4 is 0 Å². The molecule has 0 aliphatic heterocycles. The summed E-state index contributed by atoms with van der Waals surface area (Å²) in [6, 6.07) is 0.693. The Labute approximate surface area is 112 Å². The van der Waals surface area contributed by atoms with Gasteiger partial charge in [-0.1, -0.05) is 27.7 Å². The highest BCUT2D eigenvalue weighted by molar-refractivity contribution is 5.67. The number of nitrogens with zero attached hydrogens (tertiary/aromatic N) is 1. The first kappa shape index (κ1) is 15.5. The predicted octanol–water partition coefficient (Wildman–Crippen LogP) is 3.39. The van der Waals surface area contributed by atoms with Gasteiger partial charge in [-0.15, -0.1) is 0 Å². The summed E-state index contributed by atoms with van der Waals surface area (Å²) in [7, 11) is 0. The SMILES string of the molecule is CCN(C(C)CC(=O)O)C1CCC(C)(C)CC1C. The molecule has 0 spiro atoms. The topological polar surface area (TPSA) is 40.5 Å². The van der Waals surface area contributed by atoms with E-state index in [1.807, 2.05) is 6.92 Å². The molecule has 1 saturated carbocycles. The lowest BCUT2D eigenvalue weighted by molar-refractivity contribution is -0.138. The van der Waals surface area contributed by atoms with Gasteiger partial charge in [0.15, 0.2) is 0 Å². The van der Waals surface area contributed by atoms with Crippen LogP contribution in [0.3, 0.4) is 0 Å². The van der Waals surface area contributed by atoms with Gasteiger partial charge in [0.05, 0.1) is 6.42 Å². The minimum atomic E-state index is -0.690. The second-order valence-corrected chi connectivity index (χ2v) is 6.73. The molecule has 0 bridgehead atoms. The molecule has 1 aliphatic carbocycles. The van der Waals surface area contributed by atoms with E-state index in [1.165, 1.54) is 19.3 Å². The molecule has 1 aliphatic rings. The van der Waals surface area contributed by atoms with E-state index >= 15 is 0 Å². The Balaban J connectivity index is 2.68. The smallest absolute Gasteiger partial charge is 0.304 e. The van der Waals surface area contributed by atoms with Crippen LogP contribution in [0.15, 0.2) is 0 Å². The zero-order valence-electron chi connectivity index (χ0n) is 12.6. The minimum absolute atomic E-state index is 0.140. The maximum atomic E-state index is 10.9. The van der Waals surface area contributed by atoms with Gasteiger partial charge in [0.1, 0.15) is 0 Å². The van der Waals surface area contributed by atoms with Gasteiger partial charge in [-0.3, -0.25) is 9.69 Å². The third-order valence-corrected chi connectivity index (χ3v) is 4.48. The second kappa shape index (κ2) is 6.05. The van der Waals surface area contributed by atoms with Gasteiger partial charge in [-0.2, -0.15) is 0 Å². The molecule has 1 fully saturated rings. The summed E-state index contributed by atoms with van der Waals surface area (Å²) in [4.78, 5) is 13.3. The van der Waals surface area contributed by atoms with Crippen LogP contribution in [0.25, 0.3) is 0 Å². The Morgan fingerprint density at radius 3 is 2.56 bits per heavy atom. The fourth-order valence-electron chi connectivity index (χ4n) is 3.67. The zero-order valence-corrected chi connectivity index (χ0v) is 12.6. The fourth-order valence-corrected chi connectivity index (χ4v) is 3.67. The molecule has 0 heterocycles. The van der Waals surface area contributed by atoms with E-state index in [0.29, 0.717) is 17.4 Å². The average molecular weight is 255 g/mol. The number of carboxylic acids is 1. The number of carbonyl (C=O) groups is 1. The van der Waals surface area contributed by atoms with Crippen LogP contribution in [-0.2, 0) is 4.79 Å².